The lowest BCUT2D eigenvalue weighted by Gasteiger charge is -2.13. The van der Waals surface area contributed by atoms with E-state index in [1.54, 1.807) is 18.2 Å². The molecule has 0 saturated heterocycles. The van der Waals surface area contributed by atoms with Crippen LogP contribution < -0.4 is 0 Å². The van der Waals surface area contributed by atoms with E-state index in [1.165, 1.54) is 0 Å². The van der Waals surface area contributed by atoms with Gasteiger partial charge < -0.3 is 5.11 Å². The summed E-state index contributed by atoms with van der Waals surface area (Å²) in [5.74, 6) is 0. The van der Waals surface area contributed by atoms with E-state index >= 15 is 0 Å². The van der Waals surface area contributed by atoms with Gasteiger partial charge in [0.1, 0.15) is 0 Å². The summed E-state index contributed by atoms with van der Waals surface area (Å²) in [7, 11) is 0. The largest absolute Gasteiger partial charge is 0.388 e. The van der Waals surface area contributed by atoms with Gasteiger partial charge in [0.2, 0.25) is 0 Å². The molecule has 0 heterocycles. The average molecular weight is 247 g/mol. The van der Waals surface area contributed by atoms with E-state index in [0.717, 1.165) is 25.7 Å². The Hall–Kier alpha value is -0.240. The first-order chi connectivity index (χ1) is 7.16. The number of hydrogen-bond acceptors (Lipinski definition) is 1. The van der Waals surface area contributed by atoms with Gasteiger partial charge in [-0.2, -0.15) is 0 Å². The van der Waals surface area contributed by atoms with Crippen molar-refractivity contribution < 1.29 is 5.11 Å². The summed E-state index contributed by atoms with van der Waals surface area (Å²) in [6, 6.07) is 5.30. The molecule has 15 heavy (non-hydrogen) atoms. The number of benzene rings is 1. The third kappa shape index (κ3) is 3.67. The van der Waals surface area contributed by atoms with Crippen molar-refractivity contribution in [1.82, 2.24) is 0 Å². The molecule has 0 aromatic heterocycles. The van der Waals surface area contributed by atoms with Gasteiger partial charge in [-0.25, -0.2) is 0 Å². The van der Waals surface area contributed by atoms with E-state index in [4.69, 9.17) is 23.2 Å². The van der Waals surface area contributed by atoms with Crippen molar-refractivity contribution in [2.24, 2.45) is 0 Å². The Bertz CT molecular complexity index is 292. The minimum Gasteiger partial charge on any atom is -0.388 e. The van der Waals surface area contributed by atoms with E-state index < -0.39 is 6.10 Å². The van der Waals surface area contributed by atoms with Crippen LogP contribution in [0.1, 0.15) is 44.3 Å². The Morgan fingerprint density at radius 1 is 1.20 bits per heavy atom. The molecule has 1 atom stereocenters. The van der Waals surface area contributed by atoms with Crippen LogP contribution in [0.2, 0.25) is 10.0 Å². The molecule has 0 bridgehead atoms. The van der Waals surface area contributed by atoms with Crippen LogP contribution in [0, 0.1) is 0 Å². The number of halogens is 2. The summed E-state index contributed by atoms with van der Waals surface area (Å²) in [6.45, 7) is 2.13. The topological polar surface area (TPSA) is 20.2 Å². The molecule has 1 nitrogen and oxygen atoms in total. The molecule has 1 aromatic carbocycles. The van der Waals surface area contributed by atoms with Gasteiger partial charge in [-0.15, -0.1) is 0 Å². The number of aliphatic hydroxyl groups is 1. The fourth-order valence-electron chi connectivity index (χ4n) is 1.56. The average Bonchev–Trinajstić information content (AvgIpc) is 2.18. The van der Waals surface area contributed by atoms with Gasteiger partial charge in [0.15, 0.2) is 0 Å². The molecular weight excluding hydrogens is 231 g/mol. The van der Waals surface area contributed by atoms with Crippen molar-refractivity contribution in [2.45, 2.75) is 38.7 Å². The summed E-state index contributed by atoms with van der Waals surface area (Å²) in [4.78, 5) is 0. The van der Waals surface area contributed by atoms with E-state index in [2.05, 4.69) is 6.92 Å². The molecule has 0 spiro atoms. The summed E-state index contributed by atoms with van der Waals surface area (Å²) >= 11 is 12.0. The van der Waals surface area contributed by atoms with Crippen molar-refractivity contribution in [2.75, 3.05) is 0 Å². The van der Waals surface area contributed by atoms with Crippen LogP contribution in [0.5, 0.6) is 0 Å². The van der Waals surface area contributed by atoms with E-state index in [0.29, 0.717) is 15.6 Å². The Morgan fingerprint density at radius 3 is 2.33 bits per heavy atom. The highest BCUT2D eigenvalue weighted by Crippen LogP contribution is 2.32. The van der Waals surface area contributed by atoms with Crippen LogP contribution in [-0.2, 0) is 0 Å². The molecule has 3 heteroatoms. The highest BCUT2D eigenvalue weighted by Gasteiger charge is 2.14. The lowest BCUT2D eigenvalue weighted by Crippen LogP contribution is -1.99. The summed E-state index contributed by atoms with van der Waals surface area (Å²) in [5.41, 5.74) is 0.664. The van der Waals surface area contributed by atoms with Gasteiger partial charge in [0.25, 0.3) is 0 Å². The predicted octanol–water partition coefficient (Wildman–Crippen LogP) is 4.61. The van der Waals surface area contributed by atoms with Gasteiger partial charge in [0, 0.05) is 15.6 Å². The smallest absolute Gasteiger partial charge is 0.0819 e. The molecular formula is C12H16Cl2O. The SMILES string of the molecule is CCCCCC(O)c1c(Cl)cccc1Cl. The molecule has 0 amide bonds. The lowest BCUT2D eigenvalue weighted by atomic mass is 10.0. The second-order valence-electron chi connectivity index (χ2n) is 3.65. The fraction of sp³-hybridized carbons (Fsp3) is 0.500. The molecule has 0 radical (unpaired) electrons. The second kappa shape index (κ2) is 6.37. The van der Waals surface area contributed by atoms with Gasteiger partial charge in [-0.3, -0.25) is 0 Å². The highest BCUT2D eigenvalue weighted by atomic mass is 35.5. The maximum Gasteiger partial charge on any atom is 0.0819 e. The number of unbranched alkanes of at least 4 members (excludes halogenated alkanes) is 2. The zero-order chi connectivity index (χ0) is 11.3. The van der Waals surface area contributed by atoms with Gasteiger partial charge in [-0.05, 0) is 18.6 Å². The van der Waals surface area contributed by atoms with Crippen LogP contribution in [0.4, 0.5) is 0 Å². The highest BCUT2D eigenvalue weighted by molar-refractivity contribution is 6.36. The fourth-order valence-corrected chi connectivity index (χ4v) is 2.21. The van der Waals surface area contributed by atoms with E-state index in [1.807, 2.05) is 0 Å². The summed E-state index contributed by atoms with van der Waals surface area (Å²) < 4.78 is 0. The van der Waals surface area contributed by atoms with Crippen molar-refractivity contribution in [3.63, 3.8) is 0 Å². The molecule has 0 aliphatic heterocycles. The molecule has 1 unspecified atom stereocenters. The first-order valence-electron chi connectivity index (χ1n) is 5.28. The molecule has 0 saturated carbocycles. The quantitative estimate of drug-likeness (QED) is 0.753. The molecule has 1 rings (SSSR count). The number of rotatable bonds is 5. The monoisotopic (exact) mass is 246 g/mol. The van der Waals surface area contributed by atoms with Crippen molar-refractivity contribution in [1.29, 1.82) is 0 Å². The van der Waals surface area contributed by atoms with Crippen molar-refractivity contribution in [3.8, 4) is 0 Å². The van der Waals surface area contributed by atoms with E-state index in [-0.39, 0.29) is 0 Å². The van der Waals surface area contributed by atoms with Gasteiger partial charge in [-0.1, -0.05) is 55.5 Å². The first-order valence-corrected chi connectivity index (χ1v) is 6.04. The molecule has 0 aliphatic carbocycles. The van der Waals surface area contributed by atoms with Gasteiger partial charge in [0.05, 0.1) is 6.10 Å². The molecule has 1 aromatic rings. The molecule has 0 aliphatic rings. The normalized spacial score (nSPS) is 12.8. The third-order valence-corrected chi connectivity index (χ3v) is 3.07. The maximum atomic E-state index is 9.94. The zero-order valence-electron chi connectivity index (χ0n) is 8.84. The standard InChI is InChI=1S/C12H16Cl2O/c1-2-3-4-8-11(15)12-9(13)6-5-7-10(12)14/h5-7,11,15H,2-4,8H2,1H3. The van der Waals surface area contributed by atoms with Crippen molar-refractivity contribution >= 4 is 23.2 Å². The Morgan fingerprint density at radius 2 is 1.80 bits per heavy atom. The van der Waals surface area contributed by atoms with Crippen LogP contribution in [0.3, 0.4) is 0 Å². The second-order valence-corrected chi connectivity index (χ2v) is 4.46. The first kappa shape index (κ1) is 12.8. The van der Waals surface area contributed by atoms with Crippen molar-refractivity contribution in [3.05, 3.63) is 33.8 Å². The van der Waals surface area contributed by atoms with Gasteiger partial charge >= 0.3 is 0 Å². The van der Waals surface area contributed by atoms with Crippen LogP contribution in [0.25, 0.3) is 0 Å². The number of hydrogen-bond donors (Lipinski definition) is 1. The van der Waals surface area contributed by atoms with Crippen LogP contribution in [0.15, 0.2) is 18.2 Å². The maximum absolute atomic E-state index is 9.94. The Labute approximate surface area is 101 Å². The minimum absolute atomic E-state index is 0.544. The van der Waals surface area contributed by atoms with E-state index in [9.17, 15) is 5.11 Å². The van der Waals surface area contributed by atoms with Crippen LogP contribution in [-0.4, -0.2) is 5.11 Å². The Kier molecular flexibility index (Phi) is 5.44. The predicted molar refractivity (Wildman–Crippen MR) is 65.6 cm³/mol. The molecule has 0 fully saturated rings. The van der Waals surface area contributed by atoms with Crippen LogP contribution >= 0.6 is 23.2 Å². The zero-order valence-corrected chi connectivity index (χ0v) is 10.4. The number of aliphatic hydroxyl groups excluding tert-OH is 1. The third-order valence-electron chi connectivity index (χ3n) is 2.41. The molecule has 84 valence electrons. The summed E-state index contributed by atoms with van der Waals surface area (Å²) in [5, 5.41) is 11.0. The minimum atomic E-state index is -0.544. The Balaban J connectivity index is 2.68. The lowest BCUT2D eigenvalue weighted by molar-refractivity contribution is 0.164. The summed E-state index contributed by atoms with van der Waals surface area (Å²) in [6.07, 6.45) is 3.44. The molecule has 1 N–H and O–H groups in total.